The van der Waals surface area contributed by atoms with Crippen molar-refractivity contribution in [3.63, 3.8) is 0 Å². The van der Waals surface area contributed by atoms with Gasteiger partial charge in [0.2, 0.25) is 0 Å². The van der Waals surface area contributed by atoms with E-state index < -0.39 is 6.04 Å². The Morgan fingerprint density at radius 2 is 1.96 bits per heavy atom. The second kappa shape index (κ2) is 6.32. The van der Waals surface area contributed by atoms with Crippen LogP contribution >= 0.6 is 0 Å². The van der Waals surface area contributed by atoms with Crippen molar-refractivity contribution in [2.45, 2.75) is 32.2 Å². The Kier molecular flexibility index (Phi) is 4.23. The molecule has 0 spiro atoms. The molecule has 1 atom stereocenters. The monoisotopic (exact) mass is 315 g/mol. The molecule has 1 aromatic rings. The highest BCUT2D eigenvalue weighted by molar-refractivity contribution is 6.01. The molecule has 3 rings (SSSR count). The number of urea groups is 1. The molecule has 2 aliphatic rings. The minimum Gasteiger partial charge on any atom is -0.508 e. The van der Waals surface area contributed by atoms with E-state index in [0.29, 0.717) is 24.4 Å². The quantitative estimate of drug-likeness (QED) is 0.727. The molecule has 6 nitrogen and oxygen atoms in total. The summed E-state index contributed by atoms with van der Waals surface area (Å²) in [4.78, 5) is 26.4. The lowest BCUT2D eigenvalue weighted by molar-refractivity contribution is -0.125. The number of phenolic OH excluding ortho intramolecular Hbond substituents is 1. The Morgan fingerprint density at radius 3 is 2.65 bits per heavy atom. The fraction of sp³-hybridized carbons (Fsp3) is 0.412. The van der Waals surface area contributed by atoms with E-state index in [4.69, 9.17) is 0 Å². The number of hydrogen-bond donors (Lipinski definition) is 3. The lowest BCUT2D eigenvalue weighted by atomic mass is 9.96. The summed E-state index contributed by atoms with van der Waals surface area (Å²) in [5.41, 5.74) is 2.08. The number of aromatic hydroxyl groups is 1. The number of nitrogens with one attached hydrogen (secondary N) is 2. The first-order chi connectivity index (χ1) is 11.1. The molecule has 3 N–H and O–H groups in total. The second-order valence-corrected chi connectivity index (χ2v) is 5.95. The van der Waals surface area contributed by atoms with Crippen LogP contribution in [0.2, 0.25) is 0 Å². The predicted molar refractivity (Wildman–Crippen MR) is 85.6 cm³/mol. The highest BCUT2D eigenvalue weighted by atomic mass is 16.3. The highest BCUT2D eigenvalue weighted by Gasteiger charge is 2.39. The van der Waals surface area contributed by atoms with Gasteiger partial charge in [-0.05, 0) is 24.1 Å². The van der Waals surface area contributed by atoms with Gasteiger partial charge in [0.1, 0.15) is 5.75 Å². The number of benzene rings is 1. The van der Waals surface area contributed by atoms with Crippen molar-refractivity contribution in [1.82, 2.24) is 15.5 Å². The Balaban J connectivity index is 1.84. The molecular formula is C17H21N3O3. The molecule has 0 saturated carbocycles. The normalized spacial score (nSPS) is 20.4. The summed E-state index contributed by atoms with van der Waals surface area (Å²) in [5, 5.41) is 15.0. The van der Waals surface area contributed by atoms with Crippen LogP contribution in [0.4, 0.5) is 4.79 Å². The largest absolute Gasteiger partial charge is 0.508 e. The summed E-state index contributed by atoms with van der Waals surface area (Å²) in [6.45, 7) is 3.29. The summed E-state index contributed by atoms with van der Waals surface area (Å²) in [5.74, 6) is 0.129. The predicted octanol–water partition coefficient (Wildman–Crippen LogP) is 2.03. The maximum Gasteiger partial charge on any atom is 0.319 e. The Morgan fingerprint density at radius 1 is 1.22 bits per heavy atom. The lowest BCUT2D eigenvalue weighted by Crippen LogP contribution is -2.44. The zero-order valence-electron chi connectivity index (χ0n) is 13.1. The van der Waals surface area contributed by atoms with Crippen molar-refractivity contribution in [2.24, 2.45) is 0 Å². The van der Waals surface area contributed by atoms with Gasteiger partial charge in [-0.25, -0.2) is 4.79 Å². The molecule has 0 saturated heterocycles. The van der Waals surface area contributed by atoms with Crippen LogP contribution in [0.1, 0.15) is 37.8 Å². The van der Waals surface area contributed by atoms with E-state index in [1.54, 1.807) is 29.2 Å². The third-order valence-corrected chi connectivity index (χ3v) is 4.28. The Bertz CT molecular complexity index is 652. The Labute approximate surface area is 135 Å². The fourth-order valence-electron chi connectivity index (χ4n) is 3.08. The smallest absolute Gasteiger partial charge is 0.319 e. The molecule has 0 unspecified atom stereocenters. The zero-order chi connectivity index (χ0) is 16.4. The van der Waals surface area contributed by atoms with E-state index in [1.807, 2.05) is 0 Å². The van der Waals surface area contributed by atoms with Gasteiger partial charge in [-0.3, -0.25) is 4.79 Å². The van der Waals surface area contributed by atoms with E-state index >= 15 is 0 Å². The molecule has 3 amide bonds. The summed E-state index contributed by atoms with van der Waals surface area (Å²) in [6.07, 6.45) is 3.15. The van der Waals surface area contributed by atoms with E-state index in [0.717, 1.165) is 24.8 Å². The van der Waals surface area contributed by atoms with E-state index in [-0.39, 0.29) is 17.7 Å². The maximum atomic E-state index is 12.7. The SMILES string of the molecule is CCCCCN1CC2=C(C1=O)[C@H](c1ccc(O)cc1)NC(=O)N2. The average molecular weight is 315 g/mol. The number of phenols is 1. The van der Waals surface area contributed by atoms with Crippen LogP contribution in [0.25, 0.3) is 0 Å². The minimum atomic E-state index is -0.469. The molecule has 0 bridgehead atoms. The van der Waals surface area contributed by atoms with E-state index in [2.05, 4.69) is 17.6 Å². The van der Waals surface area contributed by atoms with Crippen LogP contribution in [0.5, 0.6) is 5.75 Å². The molecule has 2 aliphatic heterocycles. The number of amides is 3. The number of carbonyl (C=O) groups excluding carboxylic acids is 2. The molecular weight excluding hydrogens is 294 g/mol. The van der Waals surface area contributed by atoms with E-state index in [9.17, 15) is 14.7 Å². The van der Waals surface area contributed by atoms with Gasteiger partial charge in [0.25, 0.3) is 5.91 Å². The first-order valence-corrected chi connectivity index (χ1v) is 7.99. The van der Waals surface area contributed by atoms with Gasteiger partial charge >= 0.3 is 6.03 Å². The maximum absolute atomic E-state index is 12.7. The molecule has 0 aromatic heterocycles. The summed E-state index contributed by atoms with van der Waals surface area (Å²) in [7, 11) is 0. The van der Waals surface area contributed by atoms with Gasteiger partial charge in [-0.1, -0.05) is 31.9 Å². The number of nitrogens with zero attached hydrogens (tertiary/aromatic N) is 1. The molecule has 23 heavy (non-hydrogen) atoms. The van der Waals surface area contributed by atoms with Gasteiger partial charge < -0.3 is 20.6 Å². The Hall–Kier alpha value is -2.50. The van der Waals surface area contributed by atoms with Crippen LogP contribution in [-0.4, -0.2) is 35.0 Å². The van der Waals surface area contributed by atoms with E-state index in [1.165, 1.54) is 0 Å². The topological polar surface area (TPSA) is 81.7 Å². The lowest BCUT2D eigenvalue weighted by Gasteiger charge is -2.25. The first-order valence-electron chi connectivity index (χ1n) is 7.99. The molecule has 0 fully saturated rings. The molecule has 2 heterocycles. The fourth-order valence-corrected chi connectivity index (χ4v) is 3.08. The third kappa shape index (κ3) is 3.02. The summed E-state index contributed by atoms with van der Waals surface area (Å²) < 4.78 is 0. The van der Waals surface area contributed by atoms with Crippen LogP contribution in [0.3, 0.4) is 0 Å². The van der Waals surface area contributed by atoms with Crippen LogP contribution in [-0.2, 0) is 4.79 Å². The molecule has 122 valence electrons. The number of unbranched alkanes of at least 4 members (excludes halogenated alkanes) is 2. The first kappa shape index (κ1) is 15.4. The van der Waals surface area contributed by atoms with Gasteiger partial charge in [0.15, 0.2) is 0 Å². The van der Waals surface area contributed by atoms with Crippen molar-refractivity contribution in [2.75, 3.05) is 13.1 Å². The molecule has 0 radical (unpaired) electrons. The van der Waals surface area contributed by atoms with Crippen molar-refractivity contribution in [1.29, 1.82) is 0 Å². The van der Waals surface area contributed by atoms with Crippen molar-refractivity contribution < 1.29 is 14.7 Å². The summed E-state index contributed by atoms with van der Waals surface area (Å²) >= 11 is 0. The van der Waals surface area contributed by atoms with Crippen molar-refractivity contribution in [3.05, 3.63) is 41.1 Å². The standard InChI is InChI=1S/C17H21N3O3/c1-2-3-4-9-20-10-13-14(16(20)22)15(19-17(23)18-13)11-5-7-12(21)8-6-11/h5-8,15,21H,2-4,9-10H2,1H3,(H2,18,19,23)/t15-/m0/s1. The zero-order valence-corrected chi connectivity index (χ0v) is 13.1. The van der Waals surface area contributed by atoms with Crippen molar-refractivity contribution >= 4 is 11.9 Å². The average Bonchev–Trinajstić information content (AvgIpc) is 2.84. The number of hydrogen-bond acceptors (Lipinski definition) is 3. The van der Waals surface area contributed by atoms with Gasteiger partial charge in [0.05, 0.1) is 23.9 Å². The molecule has 6 heteroatoms. The van der Waals surface area contributed by atoms with Gasteiger partial charge in [-0.15, -0.1) is 0 Å². The summed E-state index contributed by atoms with van der Waals surface area (Å²) in [6, 6.07) is 5.80. The van der Waals surface area contributed by atoms with Crippen LogP contribution < -0.4 is 10.6 Å². The van der Waals surface area contributed by atoms with Gasteiger partial charge in [0, 0.05) is 6.54 Å². The molecule has 0 aliphatic carbocycles. The number of carbonyl (C=O) groups is 2. The van der Waals surface area contributed by atoms with Gasteiger partial charge in [-0.2, -0.15) is 0 Å². The highest BCUT2D eigenvalue weighted by Crippen LogP contribution is 2.33. The molecule has 1 aromatic carbocycles. The third-order valence-electron chi connectivity index (χ3n) is 4.28. The van der Waals surface area contributed by atoms with Crippen molar-refractivity contribution in [3.8, 4) is 5.75 Å². The second-order valence-electron chi connectivity index (χ2n) is 5.95. The number of rotatable bonds is 5. The van der Waals surface area contributed by atoms with Crippen LogP contribution in [0.15, 0.2) is 35.5 Å². The minimum absolute atomic E-state index is 0.0262. The van der Waals surface area contributed by atoms with Crippen LogP contribution in [0, 0.1) is 0 Å².